The largest absolute Gasteiger partial charge is 0.481 e. The maximum atomic E-state index is 11.5. The van der Waals surface area contributed by atoms with Crippen LogP contribution in [0.1, 0.15) is 18.9 Å². The molecule has 0 amide bonds. The monoisotopic (exact) mass is 240 g/mol. The molecule has 0 aromatic heterocycles. The third-order valence-electron chi connectivity index (χ3n) is 3.41. The Morgan fingerprint density at radius 1 is 1.28 bits per heavy atom. The van der Waals surface area contributed by atoms with Gasteiger partial charge in [0.2, 0.25) is 0 Å². The summed E-state index contributed by atoms with van der Waals surface area (Å²) in [4.78, 5) is 11.5. The normalized spacial score (nSPS) is 14.1. The highest BCUT2D eigenvalue weighted by Crippen LogP contribution is 2.30. The highest BCUT2D eigenvalue weighted by atomic mass is 16.4. The number of hydrogen-bond donors (Lipinski definition) is 1. The Balaban J connectivity index is 2.58. The zero-order valence-corrected chi connectivity index (χ0v) is 10.4. The van der Waals surface area contributed by atoms with Gasteiger partial charge in [0.05, 0.1) is 5.41 Å². The van der Waals surface area contributed by atoms with Gasteiger partial charge in [-0.1, -0.05) is 48.5 Å². The van der Waals surface area contributed by atoms with Crippen LogP contribution in [0.4, 0.5) is 0 Å². The lowest BCUT2D eigenvalue weighted by Gasteiger charge is -2.24. The summed E-state index contributed by atoms with van der Waals surface area (Å²) in [5.74, 6) is -0.822. The highest BCUT2D eigenvalue weighted by Gasteiger charge is 2.33. The molecule has 0 bridgehead atoms. The van der Waals surface area contributed by atoms with Gasteiger partial charge in [0.1, 0.15) is 0 Å². The van der Waals surface area contributed by atoms with E-state index in [-0.39, 0.29) is 0 Å². The second-order valence-corrected chi connectivity index (χ2v) is 4.69. The molecule has 2 aromatic carbocycles. The first-order chi connectivity index (χ1) is 8.58. The summed E-state index contributed by atoms with van der Waals surface area (Å²) < 4.78 is 0. The zero-order chi connectivity index (χ0) is 13.2. The molecule has 0 aliphatic heterocycles. The number of allylic oxidation sites excluding steroid dienone is 1. The van der Waals surface area contributed by atoms with Gasteiger partial charge in [-0.15, -0.1) is 6.58 Å². The maximum Gasteiger partial charge on any atom is 0.314 e. The van der Waals surface area contributed by atoms with Gasteiger partial charge < -0.3 is 5.11 Å². The minimum absolute atomic E-state index is 0.417. The number of carboxylic acid groups (broad SMARTS) is 1. The lowest BCUT2D eigenvalue weighted by molar-refractivity contribution is -0.143. The van der Waals surface area contributed by atoms with Crippen LogP contribution in [0, 0.1) is 0 Å². The van der Waals surface area contributed by atoms with Crippen molar-refractivity contribution in [2.45, 2.75) is 18.8 Å². The van der Waals surface area contributed by atoms with E-state index in [2.05, 4.69) is 6.58 Å². The average Bonchev–Trinajstić information content (AvgIpc) is 2.38. The predicted molar refractivity (Wildman–Crippen MR) is 73.7 cm³/mol. The molecule has 2 rings (SSSR count). The first kappa shape index (κ1) is 12.4. The Morgan fingerprint density at radius 2 is 1.94 bits per heavy atom. The minimum atomic E-state index is -0.911. The Hall–Kier alpha value is -2.09. The summed E-state index contributed by atoms with van der Waals surface area (Å²) >= 11 is 0. The van der Waals surface area contributed by atoms with Gasteiger partial charge >= 0.3 is 5.97 Å². The van der Waals surface area contributed by atoms with E-state index in [1.165, 1.54) is 0 Å². The third-order valence-corrected chi connectivity index (χ3v) is 3.41. The number of rotatable bonds is 4. The Morgan fingerprint density at radius 3 is 2.56 bits per heavy atom. The molecule has 92 valence electrons. The summed E-state index contributed by atoms with van der Waals surface area (Å²) in [5, 5.41) is 11.6. The van der Waals surface area contributed by atoms with Gasteiger partial charge in [0.15, 0.2) is 0 Å². The number of hydrogen-bond acceptors (Lipinski definition) is 1. The fourth-order valence-corrected chi connectivity index (χ4v) is 2.15. The van der Waals surface area contributed by atoms with E-state index in [0.29, 0.717) is 6.42 Å². The van der Waals surface area contributed by atoms with Crippen LogP contribution in [-0.2, 0) is 10.2 Å². The molecule has 0 radical (unpaired) electrons. The fraction of sp³-hybridized carbons (Fsp3) is 0.188. The molecule has 2 nitrogen and oxygen atoms in total. The van der Waals surface area contributed by atoms with Gasteiger partial charge in [0, 0.05) is 0 Å². The van der Waals surface area contributed by atoms with Crippen LogP contribution >= 0.6 is 0 Å². The summed E-state index contributed by atoms with van der Waals surface area (Å²) in [7, 11) is 0. The molecule has 0 saturated heterocycles. The van der Waals surface area contributed by atoms with Crippen LogP contribution in [0.15, 0.2) is 55.1 Å². The first-order valence-electron chi connectivity index (χ1n) is 5.91. The molecule has 0 fully saturated rings. The number of aliphatic carboxylic acids is 1. The van der Waals surface area contributed by atoms with Crippen LogP contribution in [0.2, 0.25) is 0 Å². The standard InChI is InChI=1S/C16H16O2/c1-3-10-16(2,15(17)18)14-9-8-12-6-4-5-7-13(12)11-14/h3-9,11H,1,10H2,2H3,(H,17,18). The smallest absolute Gasteiger partial charge is 0.314 e. The molecule has 0 saturated carbocycles. The van der Waals surface area contributed by atoms with Crippen LogP contribution in [0.5, 0.6) is 0 Å². The van der Waals surface area contributed by atoms with Crippen LogP contribution in [-0.4, -0.2) is 11.1 Å². The molecule has 1 N–H and O–H groups in total. The van der Waals surface area contributed by atoms with Crippen molar-refractivity contribution in [3.63, 3.8) is 0 Å². The number of benzene rings is 2. The van der Waals surface area contributed by atoms with Crippen molar-refractivity contribution in [1.29, 1.82) is 0 Å². The molecular formula is C16H16O2. The average molecular weight is 240 g/mol. The van der Waals surface area contributed by atoms with Crippen molar-refractivity contribution < 1.29 is 9.90 Å². The van der Waals surface area contributed by atoms with Gasteiger partial charge in [-0.05, 0) is 29.7 Å². The molecule has 2 heteroatoms. The van der Waals surface area contributed by atoms with E-state index in [1.54, 1.807) is 13.0 Å². The molecular weight excluding hydrogens is 224 g/mol. The van der Waals surface area contributed by atoms with E-state index in [1.807, 2.05) is 42.5 Å². The van der Waals surface area contributed by atoms with Crippen LogP contribution in [0.25, 0.3) is 10.8 Å². The first-order valence-corrected chi connectivity index (χ1v) is 5.91. The zero-order valence-electron chi connectivity index (χ0n) is 10.4. The highest BCUT2D eigenvalue weighted by molar-refractivity contribution is 5.87. The molecule has 0 aliphatic carbocycles. The predicted octanol–water partition coefficient (Wildman–Crippen LogP) is 3.76. The SMILES string of the molecule is C=CCC(C)(C(=O)O)c1ccc2ccccc2c1. The van der Waals surface area contributed by atoms with Crippen molar-refractivity contribution >= 4 is 16.7 Å². The summed E-state index contributed by atoms with van der Waals surface area (Å²) in [5.41, 5.74) is -0.0974. The summed E-state index contributed by atoms with van der Waals surface area (Å²) in [6, 6.07) is 13.8. The molecule has 1 atom stereocenters. The lowest BCUT2D eigenvalue weighted by Crippen LogP contribution is -2.31. The topological polar surface area (TPSA) is 37.3 Å². The second-order valence-electron chi connectivity index (χ2n) is 4.69. The Labute approximate surface area is 107 Å². The second kappa shape index (κ2) is 4.65. The van der Waals surface area contributed by atoms with Crippen molar-refractivity contribution in [3.8, 4) is 0 Å². The Bertz CT molecular complexity index is 601. The molecule has 1 unspecified atom stereocenters. The van der Waals surface area contributed by atoms with E-state index >= 15 is 0 Å². The number of carboxylic acids is 1. The third kappa shape index (κ3) is 2.02. The van der Waals surface area contributed by atoms with Crippen molar-refractivity contribution in [3.05, 3.63) is 60.7 Å². The van der Waals surface area contributed by atoms with Gasteiger partial charge in [0.25, 0.3) is 0 Å². The van der Waals surface area contributed by atoms with Crippen LogP contribution in [0.3, 0.4) is 0 Å². The van der Waals surface area contributed by atoms with Crippen molar-refractivity contribution in [2.75, 3.05) is 0 Å². The molecule has 18 heavy (non-hydrogen) atoms. The molecule has 0 heterocycles. The van der Waals surface area contributed by atoms with Gasteiger partial charge in [-0.3, -0.25) is 4.79 Å². The number of carbonyl (C=O) groups is 1. The Kier molecular flexibility index (Phi) is 3.19. The summed E-state index contributed by atoms with van der Waals surface area (Å²) in [6.07, 6.45) is 2.07. The fourth-order valence-electron chi connectivity index (χ4n) is 2.15. The lowest BCUT2D eigenvalue weighted by atomic mass is 9.79. The number of fused-ring (bicyclic) bond motifs is 1. The van der Waals surface area contributed by atoms with E-state index in [4.69, 9.17) is 0 Å². The molecule has 0 aliphatic rings. The van der Waals surface area contributed by atoms with E-state index in [9.17, 15) is 9.90 Å². The summed E-state index contributed by atoms with van der Waals surface area (Å²) in [6.45, 7) is 5.39. The van der Waals surface area contributed by atoms with E-state index < -0.39 is 11.4 Å². The molecule has 0 spiro atoms. The quantitative estimate of drug-likeness (QED) is 0.826. The van der Waals surface area contributed by atoms with E-state index in [0.717, 1.165) is 16.3 Å². The van der Waals surface area contributed by atoms with Crippen molar-refractivity contribution in [2.24, 2.45) is 0 Å². The minimum Gasteiger partial charge on any atom is -0.481 e. The van der Waals surface area contributed by atoms with Crippen LogP contribution < -0.4 is 0 Å². The maximum absolute atomic E-state index is 11.5. The van der Waals surface area contributed by atoms with Gasteiger partial charge in [-0.25, -0.2) is 0 Å². The van der Waals surface area contributed by atoms with Crippen molar-refractivity contribution in [1.82, 2.24) is 0 Å². The molecule has 2 aromatic rings. The van der Waals surface area contributed by atoms with Gasteiger partial charge in [-0.2, -0.15) is 0 Å².